The third-order valence-electron chi connectivity index (χ3n) is 6.94. The Morgan fingerprint density at radius 2 is 1.71 bits per heavy atom. The van der Waals surface area contributed by atoms with Gasteiger partial charge in [0, 0.05) is 26.2 Å². The lowest BCUT2D eigenvalue weighted by Gasteiger charge is -2.35. The monoisotopic (exact) mass is 497 g/mol. The van der Waals surface area contributed by atoms with Crippen LogP contribution in [-0.4, -0.2) is 66.7 Å². The summed E-state index contributed by atoms with van der Waals surface area (Å²) >= 11 is 0. The standard InChI is InChI=1S/C24H30F3N3O3S/c1-23(2,3)34(32,33)30-13-10-17-14-28-21(19(17)15-30)22(31)29-11-8-16(9-12-29)18-6-4-5-7-20(18)24(25,26)27/h4-7,16H,8-15H2,1-3H3. The zero-order valence-electron chi connectivity index (χ0n) is 19.7. The van der Waals surface area contributed by atoms with Crippen molar-refractivity contribution >= 4 is 21.6 Å². The number of likely N-dealkylation sites (tertiary alicyclic amines) is 1. The van der Waals surface area contributed by atoms with Crippen LogP contribution in [0.25, 0.3) is 0 Å². The summed E-state index contributed by atoms with van der Waals surface area (Å²) < 4.78 is 66.6. The Morgan fingerprint density at radius 3 is 2.32 bits per heavy atom. The maximum absolute atomic E-state index is 13.4. The molecule has 0 N–H and O–H groups in total. The second-order valence-corrected chi connectivity index (χ2v) is 12.8. The molecule has 1 saturated heterocycles. The summed E-state index contributed by atoms with van der Waals surface area (Å²) in [7, 11) is -3.54. The van der Waals surface area contributed by atoms with Crippen molar-refractivity contribution < 1.29 is 26.4 Å². The summed E-state index contributed by atoms with van der Waals surface area (Å²) in [5.74, 6) is -0.535. The lowest BCUT2D eigenvalue weighted by Crippen LogP contribution is -2.48. The van der Waals surface area contributed by atoms with Gasteiger partial charge >= 0.3 is 6.18 Å². The maximum atomic E-state index is 13.4. The predicted octanol–water partition coefficient (Wildman–Crippen LogP) is 4.00. The van der Waals surface area contributed by atoms with Gasteiger partial charge in [0.15, 0.2) is 0 Å². The molecule has 186 valence electrons. The molecule has 6 nitrogen and oxygen atoms in total. The summed E-state index contributed by atoms with van der Waals surface area (Å²) in [6, 6.07) is 5.63. The lowest BCUT2D eigenvalue weighted by molar-refractivity contribution is -0.138. The van der Waals surface area contributed by atoms with E-state index in [4.69, 9.17) is 0 Å². The first kappa shape index (κ1) is 24.9. The van der Waals surface area contributed by atoms with Crippen LogP contribution >= 0.6 is 0 Å². The number of piperidine rings is 1. The van der Waals surface area contributed by atoms with Crippen LogP contribution in [0, 0.1) is 0 Å². The van der Waals surface area contributed by atoms with Crippen molar-refractivity contribution in [2.24, 2.45) is 4.99 Å². The molecule has 1 aromatic carbocycles. The van der Waals surface area contributed by atoms with Crippen LogP contribution in [0.1, 0.15) is 57.1 Å². The molecule has 3 heterocycles. The van der Waals surface area contributed by atoms with Gasteiger partial charge in [-0.3, -0.25) is 9.79 Å². The van der Waals surface area contributed by atoms with Crippen molar-refractivity contribution in [3.05, 3.63) is 46.5 Å². The molecule has 0 unspecified atom stereocenters. The Bertz CT molecular complexity index is 1140. The van der Waals surface area contributed by atoms with Crippen LogP contribution in [0.4, 0.5) is 13.2 Å². The van der Waals surface area contributed by atoms with Crippen LogP contribution in [0.2, 0.25) is 0 Å². The van der Waals surface area contributed by atoms with Gasteiger partial charge in [-0.1, -0.05) is 18.2 Å². The number of carbonyl (C=O) groups is 1. The number of halogens is 3. The van der Waals surface area contributed by atoms with E-state index in [-0.39, 0.29) is 23.9 Å². The molecule has 0 saturated carbocycles. The summed E-state index contributed by atoms with van der Waals surface area (Å²) in [6.07, 6.45) is -3.00. The SMILES string of the molecule is CC(C)(C)S(=O)(=O)N1CCC2=C(C1)C(C(=O)N1CCC(c3ccccc3C(F)(F)F)CC1)=NC2. The van der Waals surface area contributed by atoms with E-state index in [2.05, 4.69) is 4.99 Å². The van der Waals surface area contributed by atoms with E-state index in [1.54, 1.807) is 31.7 Å². The third kappa shape index (κ3) is 4.54. The molecule has 1 fully saturated rings. The third-order valence-corrected chi connectivity index (χ3v) is 9.48. The number of carbonyl (C=O) groups excluding carboxylic acids is 1. The molecule has 0 aliphatic carbocycles. The zero-order chi connectivity index (χ0) is 24.9. The number of alkyl halides is 3. The highest BCUT2D eigenvalue weighted by molar-refractivity contribution is 7.90. The largest absolute Gasteiger partial charge is 0.416 e. The first-order chi connectivity index (χ1) is 15.8. The number of rotatable bonds is 3. The van der Waals surface area contributed by atoms with Crippen molar-refractivity contribution in [2.75, 3.05) is 32.7 Å². The molecule has 0 atom stereocenters. The minimum Gasteiger partial charge on any atom is -0.337 e. The van der Waals surface area contributed by atoms with Crippen LogP contribution in [-0.2, 0) is 21.0 Å². The van der Waals surface area contributed by atoms with Crippen molar-refractivity contribution in [3.8, 4) is 0 Å². The van der Waals surface area contributed by atoms with Gasteiger partial charge in [-0.15, -0.1) is 0 Å². The zero-order valence-corrected chi connectivity index (χ0v) is 20.5. The molecular weight excluding hydrogens is 467 g/mol. The fraction of sp³-hybridized carbons (Fsp3) is 0.583. The first-order valence-corrected chi connectivity index (χ1v) is 13.0. The molecule has 3 aliphatic heterocycles. The highest BCUT2D eigenvalue weighted by atomic mass is 32.2. The van der Waals surface area contributed by atoms with E-state index < -0.39 is 26.5 Å². The van der Waals surface area contributed by atoms with E-state index >= 15 is 0 Å². The summed E-state index contributed by atoms with van der Waals surface area (Å²) in [6.45, 7) is 6.54. The van der Waals surface area contributed by atoms with Crippen molar-refractivity contribution in [1.29, 1.82) is 0 Å². The molecule has 34 heavy (non-hydrogen) atoms. The Morgan fingerprint density at radius 1 is 1.06 bits per heavy atom. The van der Waals surface area contributed by atoms with E-state index in [1.807, 2.05) is 0 Å². The molecule has 1 amide bonds. The maximum Gasteiger partial charge on any atom is 0.416 e. The van der Waals surface area contributed by atoms with Crippen LogP contribution < -0.4 is 0 Å². The number of sulfonamides is 1. The minimum atomic E-state index is -4.41. The van der Waals surface area contributed by atoms with Crippen molar-refractivity contribution in [2.45, 2.75) is 56.9 Å². The van der Waals surface area contributed by atoms with Gasteiger partial charge in [0.25, 0.3) is 5.91 Å². The van der Waals surface area contributed by atoms with Gasteiger partial charge in [-0.05, 0) is 68.7 Å². The van der Waals surface area contributed by atoms with Gasteiger partial charge in [-0.25, -0.2) is 8.42 Å². The number of hydrogen-bond acceptors (Lipinski definition) is 4. The molecule has 3 aliphatic rings. The summed E-state index contributed by atoms with van der Waals surface area (Å²) in [5, 5.41) is 0. The fourth-order valence-electron chi connectivity index (χ4n) is 4.91. The predicted molar refractivity (Wildman–Crippen MR) is 124 cm³/mol. The van der Waals surface area contributed by atoms with Gasteiger partial charge in [0.05, 0.1) is 16.9 Å². The quantitative estimate of drug-likeness (QED) is 0.634. The molecular formula is C24H30F3N3O3S. The molecule has 0 bridgehead atoms. The normalized spacial score (nSPS) is 21.0. The van der Waals surface area contributed by atoms with Gasteiger partial charge in [0.1, 0.15) is 5.71 Å². The van der Waals surface area contributed by atoms with E-state index in [9.17, 15) is 26.4 Å². The van der Waals surface area contributed by atoms with Crippen molar-refractivity contribution in [3.63, 3.8) is 0 Å². The number of benzene rings is 1. The highest BCUT2D eigenvalue weighted by Crippen LogP contribution is 2.39. The molecule has 10 heteroatoms. The topological polar surface area (TPSA) is 70.1 Å². The van der Waals surface area contributed by atoms with Crippen LogP contribution in [0.3, 0.4) is 0 Å². The van der Waals surface area contributed by atoms with Crippen LogP contribution in [0.15, 0.2) is 40.4 Å². The smallest absolute Gasteiger partial charge is 0.337 e. The van der Waals surface area contributed by atoms with Gasteiger partial charge < -0.3 is 4.90 Å². The summed E-state index contributed by atoms with van der Waals surface area (Å²) in [4.78, 5) is 19.4. The molecule has 1 aromatic rings. The van der Waals surface area contributed by atoms with Gasteiger partial charge in [0.2, 0.25) is 10.0 Å². The molecule has 4 rings (SSSR count). The van der Waals surface area contributed by atoms with Crippen LogP contribution in [0.5, 0.6) is 0 Å². The average Bonchev–Trinajstić information content (AvgIpc) is 3.20. The Labute approximate surface area is 198 Å². The van der Waals surface area contributed by atoms with Crippen molar-refractivity contribution in [1.82, 2.24) is 9.21 Å². The van der Waals surface area contributed by atoms with Gasteiger partial charge in [-0.2, -0.15) is 17.5 Å². The Hall–Kier alpha value is -2.20. The number of amides is 1. The first-order valence-electron chi connectivity index (χ1n) is 11.5. The Kier molecular flexibility index (Phi) is 6.44. The number of aliphatic imine (C=N–C) groups is 1. The fourth-order valence-corrected chi connectivity index (χ4v) is 6.31. The molecule has 0 radical (unpaired) electrons. The Balaban J connectivity index is 1.45. The van der Waals surface area contributed by atoms with E-state index in [0.29, 0.717) is 56.7 Å². The minimum absolute atomic E-state index is 0.134. The highest BCUT2D eigenvalue weighted by Gasteiger charge is 2.41. The average molecular weight is 498 g/mol. The number of hydrogen-bond donors (Lipinski definition) is 0. The van der Waals surface area contributed by atoms with E-state index in [1.165, 1.54) is 16.4 Å². The second kappa shape index (κ2) is 8.78. The molecule has 0 spiro atoms. The second-order valence-electron chi connectivity index (χ2n) is 10.1. The lowest BCUT2D eigenvalue weighted by atomic mass is 9.86. The summed E-state index contributed by atoms with van der Waals surface area (Å²) in [5.41, 5.74) is 1.65. The van der Waals surface area contributed by atoms with E-state index in [0.717, 1.165) is 11.6 Å². The number of nitrogens with zero attached hydrogens (tertiary/aromatic N) is 3. The molecule has 0 aromatic heterocycles.